The molecule has 19 heavy (non-hydrogen) atoms. The van der Waals surface area contributed by atoms with Crippen molar-refractivity contribution < 1.29 is 0 Å². The predicted molar refractivity (Wildman–Crippen MR) is 83.8 cm³/mol. The van der Waals surface area contributed by atoms with Crippen LogP contribution in [0.5, 0.6) is 0 Å². The van der Waals surface area contributed by atoms with E-state index in [2.05, 4.69) is 33.0 Å². The highest BCUT2D eigenvalue weighted by atomic mass is 32.1. The van der Waals surface area contributed by atoms with Crippen LogP contribution >= 0.6 is 11.3 Å². The smallest absolute Gasteiger partial charge is 0.110 e. The highest BCUT2D eigenvalue weighted by molar-refractivity contribution is 7.11. The van der Waals surface area contributed by atoms with Gasteiger partial charge in [-0.05, 0) is 26.2 Å². The standard InChI is InChI=1S/C16H28N2S/c1-11(2)17-15(10-14-8-6-5-7-9-14)16-18-12(3)13(4)19-16/h11,14-15,17H,5-10H2,1-4H3. The van der Waals surface area contributed by atoms with Crippen LogP contribution in [0, 0.1) is 19.8 Å². The molecule has 108 valence electrons. The number of aromatic nitrogens is 1. The lowest BCUT2D eigenvalue weighted by molar-refractivity contribution is 0.292. The number of aryl methyl sites for hydroxylation is 2. The van der Waals surface area contributed by atoms with Crippen LogP contribution in [0.25, 0.3) is 0 Å². The first-order valence-corrected chi connectivity index (χ1v) is 8.58. The molecule has 3 heteroatoms. The van der Waals surface area contributed by atoms with Crippen LogP contribution in [0.4, 0.5) is 0 Å². The van der Waals surface area contributed by atoms with Gasteiger partial charge in [0.2, 0.25) is 0 Å². The molecule has 0 bridgehead atoms. The first kappa shape index (κ1) is 15.0. The highest BCUT2D eigenvalue weighted by Crippen LogP contribution is 2.34. The van der Waals surface area contributed by atoms with E-state index in [4.69, 9.17) is 4.98 Å². The number of thiazole rings is 1. The zero-order valence-electron chi connectivity index (χ0n) is 12.8. The molecular weight excluding hydrogens is 252 g/mol. The molecule has 1 atom stereocenters. The maximum absolute atomic E-state index is 4.79. The lowest BCUT2D eigenvalue weighted by atomic mass is 9.85. The Hall–Kier alpha value is -0.410. The van der Waals surface area contributed by atoms with Gasteiger partial charge in [0.25, 0.3) is 0 Å². The molecule has 1 fully saturated rings. The van der Waals surface area contributed by atoms with Crippen molar-refractivity contribution in [3.8, 4) is 0 Å². The summed E-state index contributed by atoms with van der Waals surface area (Å²) in [6.45, 7) is 8.79. The van der Waals surface area contributed by atoms with E-state index < -0.39 is 0 Å². The molecule has 1 saturated carbocycles. The van der Waals surface area contributed by atoms with Gasteiger partial charge in [-0.2, -0.15) is 0 Å². The highest BCUT2D eigenvalue weighted by Gasteiger charge is 2.23. The molecule has 0 aliphatic heterocycles. The monoisotopic (exact) mass is 280 g/mol. The molecular formula is C16H28N2S. The van der Waals surface area contributed by atoms with Crippen LogP contribution < -0.4 is 5.32 Å². The first-order valence-electron chi connectivity index (χ1n) is 7.76. The third-order valence-corrected chi connectivity index (χ3v) is 5.36. The van der Waals surface area contributed by atoms with Gasteiger partial charge in [0.05, 0.1) is 11.7 Å². The van der Waals surface area contributed by atoms with Crippen LogP contribution in [0.15, 0.2) is 0 Å². The Balaban J connectivity index is 2.06. The van der Waals surface area contributed by atoms with Crippen molar-refractivity contribution in [2.75, 3.05) is 0 Å². The average molecular weight is 280 g/mol. The van der Waals surface area contributed by atoms with E-state index >= 15 is 0 Å². The summed E-state index contributed by atoms with van der Waals surface area (Å²) in [5.74, 6) is 0.898. The van der Waals surface area contributed by atoms with Crippen LogP contribution in [0.1, 0.15) is 74.0 Å². The third kappa shape index (κ3) is 4.28. The summed E-state index contributed by atoms with van der Waals surface area (Å²) in [5, 5.41) is 5.03. The molecule has 1 aromatic rings. The maximum atomic E-state index is 4.79. The molecule has 1 aliphatic rings. The lowest BCUT2D eigenvalue weighted by Gasteiger charge is -2.27. The van der Waals surface area contributed by atoms with Crippen molar-refractivity contribution in [3.05, 3.63) is 15.6 Å². The van der Waals surface area contributed by atoms with Crippen molar-refractivity contribution in [3.63, 3.8) is 0 Å². The van der Waals surface area contributed by atoms with Crippen molar-refractivity contribution in [1.82, 2.24) is 10.3 Å². The number of nitrogens with zero attached hydrogens (tertiary/aromatic N) is 1. The Morgan fingerprint density at radius 3 is 2.42 bits per heavy atom. The quantitative estimate of drug-likeness (QED) is 0.840. The number of rotatable bonds is 5. The minimum Gasteiger partial charge on any atom is -0.306 e. The molecule has 1 heterocycles. The van der Waals surface area contributed by atoms with Gasteiger partial charge in [0, 0.05) is 10.9 Å². The molecule has 0 aromatic carbocycles. The van der Waals surface area contributed by atoms with Crippen LogP contribution in [-0.2, 0) is 0 Å². The number of hydrogen-bond donors (Lipinski definition) is 1. The Bertz CT molecular complexity index is 372. The summed E-state index contributed by atoms with van der Waals surface area (Å²) >= 11 is 1.88. The van der Waals surface area contributed by atoms with Crippen LogP contribution in [0.3, 0.4) is 0 Å². The molecule has 0 spiro atoms. The van der Waals surface area contributed by atoms with Gasteiger partial charge < -0.3 is 5.32 Å². The van der Waals surface area contributed by atoms with Gasteiger partial charge in [-0.3, -0.25) is 0 Å². The molecule has 0 radical (unpaired) electrons. The summed E-state index contributed by atoms with van der Waals surface area (Å²) in [4.78, 5) is 6.15. The van der Waals surface area contributed by atoms with Gasteiger partial charge >= 0.3 is 0 Å². The summed E-state index contributed by atoms with van der Waals surface area (Å²) in [7, 11) is 0. The summed E-state index contributed by atoms with van der Waals surface area (Å²) < 4.78 is 0. The van der Waals surface area contributed by atoms with Gasteiger partial charge in [-0.25, -0.2) is 4.98 Å². The van der Waals surface area contributed by atoms with Crippen LogP contribution in [0.2, 0.25) is 0 Å². The fraction of sp³-hybridized carbons (Fsp3) is 0.812. The second-order valence-corrected chi connectivity index (χ2v) is 7.54. The number of nitrogens with one attached hydrogen (secondary N) is 1. The van der Waals surface area contributed by atoms with Gasteiger partial charge in [0.15, 0.2) is 0 Å². The van der Waals surface area contributed by atoms with Gasteiger partial charge in [0.1, 0.15) is 5.01 Å². The second kappa shape index (κ2) is 6.85. The molecule has 1 aliphatic carbocycles. The van der Waals surface area contributed by atoms with Crippen LogP contribution in [-0.4, -0.2) is 11.0 Å². The number of hydrogen-bond acceptors (Lipinski definition) is 3. The normalized spacial score (nSPS) is 19.0. The van der Waals surface area contributed by atoms with Gasteiger partial charge in [-0.15, -0.1) is 11.3 Å². The minimum atomic E-state index is 0.459. The molecule has 0 amide bonds. The first-order chi connectivity index (χ1) is 9.06. The minimum absolute atomic E-state index is 0.459. The maximum Gasteiger partial charge on any atom is 0.110 e. The fourth-order valence-electron chi connectivity index (χ4n) is 3.05. The summed E-state index contributed by atoms with van der Waals surface area (Å²) in [5.41, 5.74) is 1.21. The molecule has 1 aromatic heterocycles. The second-order valence-electron chi connectivity index (χ2n) is 6.31. The topological polar surface area (TPSA) is 24.9 Å². The Morgan fingerprint density at radius 2 is 1.89 bits per heavy atom. The van der Waals surface area contributed by atoms with E-state index in [0.717, 1.165) is 5.92 Å². The molecule has 1 N–H and O–H groups in total. The molecule has 1 unspecified atom stereocenters. The summed E-state index contributed by atoms with van der Waals surface area (Å²) in [6.07, 6.45) is 8.39. The Kier molecular flexibility index (Phi) is 5.40. The van der Waals surface area contributed by atoms with E-state index in [0.29, 0.717) is 12.1 Å². The van der Waals surface area contributed by atoms with E-state index in [1.54, 1.807) is 0 Å². The Labute approximate surface area is 122 Å². The molecule has 2 rings (SSSR count). The van der Waals surface area contributed by atoms with Gasteiger partial charge in [-0.1, -0.05) is 46.0 Å². The largest absolute Gasteiger partial charge is 0.306 e. The molecule has 2 nitrogen and oxygen atoms in total. The average Bonchev–Trinajstić information content (AvgIpc) is 2.70. The zero-order chi connectivity index (χ0) is 13.8. The third-order valence-electron chi connectivity index (χ3n) is 4.17. The van der Waals surface area contributed by atoms with E-state index in [9.17, 15) is 0 Å². The summed E-state index contributed by atoms with van der Waals surface area (Å²) in [6, 6.07) is 0.985. The van der Waals surface area contributed by atoms with Crippen molar-refractivity contribution in [2.24, 2.45) is 5.92 Å². The van der Waals surface area contributed by atoms with Crippen molar-refractivity contribution >= 4 is 11.3 Å². The van der Waals surface area contributed by atoms with Crippen molar-refractivity contribution in [1.29, 1.82) is 0 Å². The van der Waals surface area contributed by atoms with E-state index in [-0.39, 0.29) is 0 Å². The predicted octanol–water partition coefficient (Wildman–Crippen LogP) is 4.77. The van der Waals surface area contributed by atoms with E-state index in [1.807, 2.05) is 11.3 Å². The fourth-order valence-corrected chi connectivity index (χ4v) is 4.04. The lowest BCUT2D eigenvalue weighted by Crippen LogP contribution is -2.30. The zero-order valence-corrected chi connectivity index (χ0v) is 13.6. The molecule has 0 saturated heterocycles. The van der Waals surface area contributed by atoms with Crippen molar-refractivity contribution in [2.45, 2.75) is 78.3 Å². The SMILES string of the molecule is Cc1nc(C(CC2CCCCC2)NC(C)C)sc1C. The Morgan fingerprint density at radius 1 is 1.21 bits per heavy atom. The van der Waals surface area contributed by atoms with E-state index in [1.165, 1.54) is 54.1 Å².